The molecule has 0 aromatic rings. The van der Waals surface area contributed by atoms with Gasteiger partial charge in [-0.1, -0.05) is 25.7 Å². The number of nitrogens with one attached hydrogen (secondary N) is 2. The molecule has 6 nitrogen and oxygen atoms in total. The molecule has 1 saturated heterocycles. The van der Waals surface area contributed by atoms with Crippen molar-refractivity contribution in [2.24, 2.45) is 11.7 Å². The van der Waals surface area contributed by atoms with Gasteiger partial charge in [-0.25, -0.2) is 0 Å². The predicted molar refractivity (Wildman–Crippen MR) is 79.0 cm³/mol. The second kappa shape index (κ2) is 7.75. The average Bonchev–Trinajstić information content (AvgIpc) is 2.89. The molecule has 0 spiro atoms. The normalized spacial score (nSPS) is 30.8. The van der Waals surface area contributed by atoms with Crippen LogP contribution in [0.25, 0.3) is 0 Å². The van der Waals surface area contributed by atoms with Crippen LogP contribution in [0.3, 0.4) is 0 Å². The molecule has 2 rings (SSSR count). The van der Waals surface area contributed by atoms with Gasteiger partial charge in [-0.05, 0) is 31.7 Å². The Labute approximate surface area is 125 Å². The third kappa shape index (κ3) is 4.68. The van der Waals surface area contributed by atoms with Gasteiger partial charge in [0.05, 0.1) is 12.1 Å². The highest BCUT2D eigenvalue weighted by atomic mass is 16.3. The fraction of sp³-hybridized carbons (Fsp3) is 0.800. The monoisotopic (exact) mass is 296 g/mol. The van der Waals surface area contributed by atoms with E-state index in [4.69, 9.17) is 5.73 Å². The molecule has 3 atom stereocenters. The number of primary amides is 1. The van der Waals surface area contributed by atoms with Gasteiger partial charge in [0, 0.05) is 6.42 Å². The lowest BCUT2D eigenvalue weighted by atomic mass is 9.99. The van der Waals surface area contributed by atoms with E-state index < -0.39 is 24.1 Å². The molecule has 2 aliphatic rings. The second-order valence-corrected chi connectivity index (χ2v) is 6.17. The van der Waals surface area contributed by atoms with Crippen molar-refractivity contribution < 1.29 is 14.7 Å². The number of aliphatic hydroxyl groups excluding tert-OH is 1. The standard InChI is InChI=1S/C15H26N3O3/c16-15(21)13-14(20)11(6-3-9-17-13)18-12(19)8-7-10-4-1-2-5-10/h8,10-11,13-14,17,20H,1-7,9H2,(H2,16,21)(H,18,19)/t11?,13?,14-/m0/s1. The molecule has 0 aromatic heterocycles. The topological polar surface area (TPSA) is 104 Å². The highest BCUT2D eigenvalue weighted by Crippen LogP contribution is 2.28. The van der Waals surface area contributed by atoms with Gasteiger partial charge in [-0.3, -0.25) is 9.59 Å². The fourth-order valence-electron chi connectivity index (χ4n) is 3.29. The summed E-state index contributed by atoms with van der Waals surface area (Å²) in [6.45, 7) is 0.614. The Bertz CT molecular complexity index is 369. The molecule has 0 bridgehead atoms. The van der Waals surface area contributed by atoms with Gasteiger partial charge in [0.25, 0.3) is 0 Å². The summed E-state index contributed by atoms with van der Waals surface area (Å²) in [6, 6.07) is -1.22. The Morgan fingerprint density at radius 2 is 1.95 bits per heavy atom. The first-order valence-electron chi connectivity index (χ1n) is 7.92. The molecule has 21 heavy (non-hydrogen) atoms. The Morgan fingerprint density at radius 1 is 1.24 bits per heavy atom. The van der Waals surface area contributed by atoms with E-state index in [1.54, 1.807) is 6.42 Å². The van der Waals surface area contributed by atoms with E-state index in [-0.39, 0.29) is 5.91 Å². The fourth-order valence-corrected chi connectivity index (χ4v) is 3.29. The minimum Gasteiger partial charge on any atom is -0.389 e. The smallest absolute Gasteiger partial charge is 0.237 e. The largest absolute Gasteiger partial charge is 0.389 e. The Balaban J connectivity index is 1.81. The molecule has 0 aromatic carbocycles. The molecular formula is C15H26N3O3. The molecule has 5 N–H and O–H groups in total. The van der Waals surface area contributed by atoms with Crippen LogP contribution in [-0.2, 0) is 9.59 Å². The van der Waals surface area contributed by atoms with Crippen LogP contribution < -0.4 is 16.4 Å². The van der Waals surface area contributed by atoms with Crippen molar-refractivity contribution in [3.05, 3.63) is 6.42 Å². The molecule has 119 valence electrons. The van der Waals surface area contributed by atoms with E-state index in [1.165, 1.54) is 25.7 Å². The van der Waals surface area contributed by atoms with E-state index in [0.29, 0.717) is 18.9 Å². The summed E-state index contributed by atoms with van der Waals surface area (Å²) in [4.78, 5) is 23.3. The maximum absolute atomic E-state index is 12.0. The second-order valence-electron chi connectivity index (χ2n) is 6.17. The lowest BCUT2D eigenvalue weighted by Crippen LogP contribution is -2.56. The lowest BCUT2D eigenvalue weighted by Gasteiger charge is -2.26. The summed E-state index contributed by atoms with van der Waals surface area (Å²) >= 11 is 0. The number of carbonyl (C=O) groups excluding carboxylic acids is 2. The Kier molecular flexibility index (Phi) is 5.99. The molecular weight excluding hydrogens is 270 g/mol. The number of aliphatic hydroxyl groups is 1. The zero-order valence-electron chi connectivity index (χ0n) is 12.4. The van der Waals surface area contributed by atoms with Crippen LogP contribution >= 0.6 is 0 Å². The van der Waals surface area contributed by atoms with Crippen molar-refractivity contribution >= 4 is 11.8 Å². The predicted octanol–water partition coefficient (Wildman–Crippen LogP) is -0.146. The Morgan fingerprint density at radius 3 is 2.62 bits per heavy atom. The van der Waals surface area contributed by atoms with Crippen LogP contribution in [0.15, 0.2) is 0 Å². The Hall–Kier alpha value is -1.14. The minimum atomic E-state index is -0.978. The van der Waals surface area contributed by atoms with E-state index in [9.17, 15) is 14.7 Å². The van der Waals surface area contributed by atoms with Crippen LogP contribution in [0.2, 0.25) is 0 Å². The van der Waals surface area contributed by atoms with E-state index in [1.807, 2.05) is 0 Å². The first-order chi connectivity index (χ1) is 10.1. The van der Waals surface area contributed by atoms with Crippen LogP contribution in [0.4, 0.5) is 0 Å². The molecule has 1 saturated carbocycles. The summed E-state index contributed by atoms with van der Waals surface area (Å²) in [5.41, 5.74) is 5.28. The van der Waals surface area contributed by atoms with Crippen LogP contribution in [0, 0.1) is 12.3 Å². The van der Waals surface area contributed by atoms with Gasteiger partial charge in [0.1, 0.15) is 6.04 Å². The van der Waals surface area contributed by atoms with Crippen LogP contribution in [0.1, 0.15) is 44.9 Å². The molecule has 1 aliphatic carbocycles. The maximum atomic E-state index is 12.0. The van der Waals surface area contributed by atoms with Gasteiger partial charge in [-0.2, -0.15) is 0 Å². The van der Waals surface area contributed by atoms with Gasteiger partial charge in [0.2, 0.25) is 11.8 Å². The van der Waals surface area contributed by atoms with Gasteiger partial charge < -0.3 is 21.5 Å². The zero-order chi connectivity index (χ0) is 15.2. The number of rotatable bonds is 5. The summed E-state index contributed by atoms with van der Waals surface area (Å²) in [5, 5.41) is 16.0. The van der Waals surface area contributed by atoms with Gasteiger partial charge >= 0.3 is 0 Å². The van der Waals surface area contributed by atoms with Crippen molar-refractivity contribution in [2.75, 3.05) is 6.54 Å². The van der Waals surface area contributed by atoms with Crippen LogP contribution in [0.5, 0.6) is 0 Å². The maximum Gasteiger partial charge on any atom is 0.237 e. The van der Waals surface area contributed by atoms with E-state index in [0.717, 1.165) is 12.8 Å². The molecule has 1 aliphatic heterocycles. The average molecular weight is 296 g/mol. The lowest BCUT2D eigenvalue weighted by molar-refractivity contribution is -0.125. The zero-order valence-corrected chi connectivity index (χ0v) is 12.4. The molecule has 1 heterocycles. The first kappa shape index (κ1) is 16.2. The number of nitrogens with two attached hydrogens (primary N) is 1. The van der Waals surface area contributed by atoms with E-state index >= 15 is 0 Å². The number of hydrogen-bond acceptors (Lipinski definition) is 4. The van der Waals surface area contributed by atoms with Crippen molar-refractivity contribution in [2.45, 2.75) is 63.1 Å². The third-order valence-electron chi connectivity index (χ3n) is 4.56. The van der Waals surface area contributed by atoms with Crippen molar-refractivity contribution in [1.29, 1.82) is 0 Å². The highest BCUT2D eigenvalue weighted by molar-refractivity contribution is 5.85. The first-order valence-corrected chi connectivity index (χ1v) is 7.92. The highest BCUT2D eigenvalue weighted by Gasteiger charge is 2.34. The van der Waals surface area contributed by atoms with Gasteiger partial charge in [0.15, 0.2) is 0 Å². The van der Waals surface area contributed by atoms with Crippen molar-refractivity contribution in [3.63, 3.8) is 0 Å². The third-order valence-corrected chi connectivity index (χ3v) is 4.56. The summed E-state index contributed by atoms with van der Waals surface area (Å²) in [7, 11) is 0. The molecule has 2 amide bonds. The summed E-state index contributed by atoms with van der Waals surface area (Å²) < 4.78 is 0. The SMILES string of the molecule is NC(=O)C1NCCCC(NC(=O)[CH]CC2CCCC2)[C@@H]1O. The molecule has 6 heteroatoms. The quantitative estimate of drug-likeness (QED) is 0.566. The van der Waals surface area contributed by atoms with Gasteiger partial charge in [-0.15, -0.1) is 0 Å². The number of amides is 2. The summed E-state index contributed by atoms with van der Waals surface area (Å²) in [5.74, 6) is -0.121. The molecule has 2 unspecified atom stereocenters. The number of hydrogen-bond donors (Lipinski definition) is 4. The van der Waals surface area contributed by atoms with Crippen molar-refractivity contribution in [3.8, 4) is 0 Å². The van der Waals surface area contributed by atoms with Crippen LogP contribution in [-0.4, -0.2) is 41.7 Å². The molecule has 1 radical (unpaired) electrons. The number of carbonyl (C=O) groups is 2. The van der Waals surface area contributed by atoms with Crippen molar-refractivity contribution in [1.82, 2.24) is 10.6 Å². The van der Waals surface area contributed by atoms with E-state index in [2.05, 4.69) is 10.6 Å². The summed E-state index contributed by atoms with van der Waals surface area (Å²) in [6.07, 6.45) is 7.84. The molecule has 2 fully saturated rings. The minimum absolute atomic E-state index is 0.156.